The molecule has 0 radical (unpaired) electrons. The van der Waals surface area contributed by atoms with Crippen molar-refractivity contribution in [3.8, 4) is 0 Å². The van der Waals surface area contributed by atoms with Crippen molar-refractivity contribution in [1.29, 1.82) is 0 Å². The lowest BCUT2D eigenvalue weighted by Gasteiger charge is -2.38. The number of para-hydroxylation sites is 1. The topological polar surface area (TPSA) is 65.0 Å². The number of Topliss-reactive ketones (excluding diaryl/α,β-unsaturated/α-hetero) is 1. The van der Waals surface area contributed by atoms with Crippen molar-refractivity contribution in [2.24, 2.45) is 4.99 Å². The first-order valence-electron chi connectivity index (χ1n) is 10.5. The number of nitrogens with zero attached hydrogens (tertiary/aromatic N) is 3. The SMILES string of the molecule is C/N=C\C=C(/C)C(=O)Nc1cc(C(C)=O)ccc1N1CCN(c2ccccc2C)CC1. The van der Waals surface area contributed by atoms with Crippen LogP contribution >= 0.6 is 0 Å². The molecule has 0 bridgehead atoms. The van der Waals surface area contributed by atoms with Crippen molar-refractivity contribution in [2.45, 2.75) is 20.8 Å². The lowest BCUT2D eigenvalue weighted by molar-refractivity contribution is -0.112. The van der Waals surface area contributed by atoms with E-state index in [9.17, 15) is 9.59 Å². The minimum atomic E-state index is -0.208. The van der Waals surface area contributed by atoms with Gasteiger partial charge in [0.05, 0.1) is 11.4 Å². The number of carbonyl (C=O) groups is 2. The fourth-order valence-corrected chi connectivity index (χ4v) is 3.72. The fourth-order valence-electron chi connectivity index (χ4n) is 3.72. The highest BCUT2D eigenvalue weighted by atomic mass is 16.1. The molecule has 2 aromatic carbocycles. The number of aryl methyl sites for hydroxylation is 1. The minimum absolute atomic E-state index is 0.0307. The van der Waals surface area contributed by atoms with Crippen LogP contribution in [0.3, 0.4) is 0 Å². The molecule has 6 nitrogen and oxygen atoms in total. The maximum atomic E-state index is 12.7. The number of anilines is 3. The van der Waals surface area contributed by atoms with Gasteiger partial charge in [-0.15, -0.1) is 0 Å². The van der Waals surface area contributed by atoms with Gasteiger partial charge in [0.15, 0.2) is 5.78 Å². The minimum Gasteiger partial charge on any atom is -0.368 e. The van der Waals surface area contributed by atoms with Crippen molar-refractivity contribution in [3.63, 3.8) is 0 Å². The molecule has 1 heterocycles. The number of hydrogen-bond acceptors (Lipinski definition) is 5. The summed E-state index contributed by atoms with van der Waals surface area (Å²) >= 11 is 0. The van der Waals surface area contributed by atoms with Crippen LogP contribution in [0.1, 0.15) is 29.8 Å². The van der Waals surface area contributed by atoms with Crippen LogP contribution < -0.4 is 15.1 Å². The molecule has 0 atom stereocenters. The van der Waals surface area contributed by atoms with Crippen molar-refractivity contribution >= 4 is 35.0 Å². The monoisotopic (exact) mass is 418 g/mol. The zero-order valence-corrected chi connectivity index (χ0v) is 18.7. The maximum Gasteiger partial charge on any atom is 0.251 e. The highest BCUT2D eigenvalue weighted by Crippen LogP contribution is 2.30. The van der Waals surface area contributed by atoms with E-state index < -0.39 is 0 Å². The molecule has 0 spiro atoms. The van der Waals surface area contributed by atoms with Gasteiger partial charge in [0.25, 0.3) is 5.91 Å². The van der Waals surface area contributed by atoms with Gasteiger partial charge in [0.1, 0.15) is 0 Å². The number of piperazine rings is 1. The maximum absolute atomic E-state index is 12.7. The molecule has 1 aliphatic rings. The van der Waals surface area contributed by atoms with Gasteiger partial charge in [-0.3, -0.25) is 14.6 Å². The van der Waals surface area contributed by atoms with E-state index in [1.165, 1.54) is 18.2 Å². The zero-order chi connectivity index (χ0) is 22.4. The third-order valence-corrected chi connectivity index (χ3v) is 5.56. The molecule has 0 unspecified atom stereocenters. The largest absolute Gasteiger partial charge is 0.368 e. The molecule has 3 rings (SSSR count). The highest BCUT2D eigenvalue weighted by Gasteiger charge is 2.22. The smallest absolute Gasteiger partial charge is 0.251 e. The molecule has 2 aromatic rings. The Morgan fingerprint density at radius 2 is 1.61 bits per heavy atom. The Morgan fingerprint density at radius 3 is 2.23 bits per heavy atom. The molecular weight excluding hydrogens is 388 g/mol. The molecule has 162 valence electrons. The van der Waals surface area contributed by atoms with Crippen LogP contribution in [-0.4, -0.2) is 51.1 Å². The Morgan fingerprint density at radius 1 is 0.968 bits per heavy atom. The number of rotatable bonds is 6. The van der Waals surface area contributed by atoms with E-state index in [0.717, 1.165) is 31.9 Å². The predicted molar refractivity (Wildman–Crippen MR) is 129 cm³/mol. The van der Waals surface area contributed by atoms with Gasteiger partial charge in [-0.2, -0.15) is 0 Å². The summed E-state index contributed by atoms with van der Waals surface area (Å²) < 4.78 is 0. The molecular formula is C25H30N4O2. The number of nitrogens with one attached hydrogen (secondary N) is 1. The summed E-state index contributed by atoms with van der Waals surface area (Å²) in [5, 5.41) is 2.99. The van der Waals surface area contributed by atoms with E-state index in [2.05, 4.69) is 51.3 Å². The summed E-state index contributed by atoms with van der Waals surface area (Å²) in [4.78, 5) is 33.1. The van der Waals surface area contributed by atoms with Gasteiger partial charge in [-0.05, 0) is 56.7 Å². The van der Waals surface area contributed by atoms with Gasteiger partial charge in [0.2, 0.25) is 0 Å². The Bertz CT molecular complexity index is 1020. The van der Waals surface area contributed by atoms with Crippen LogP contribution in [0.25, 0.3) is 0 Å². The number of allylic oxidation sites excluding steroid dienone is 1. The molecule has 1 saturated heterocycles. The van der Waals surface area contributed by atoms with E-state index in [1.54, 1.807) is 32.3 Å². The molecule has 6 heteroatoms. The second-order valence-corrected chi connectivity index (χ2v) is 7.76. The van der Waals surface area contributed by atoms with Crippen LogP contribution in [-0.2, 0) is 4.79 Å². The summed E-state index contributed by atoms with van der Waals surface area (Å²) in [5.74, 6) is -0.239. The number of benzene rings is 2. The summed E-state index contributed by atoms with van der Waals surface area (Å²) in [5.41, 5.74) is 5.25. The second-order valence-electron chi connectivity index (χ2n) is 7.76. The van der Waals surface area contributed by atoms with Gasteiger partial charge in [-0.1, -0.05) is 18.2 Å². The van der Waals surface area contributed by atoms with Crippen LogP contribution in [0.15, 0.2) is 59.1 Å². The quantitative estimate of drug-likeness (QED) is 0.436. The number of carbonyl (C=O) groups excluding carboxylic acids is 2. The van der Waals surface area contributed by atoms with Crippen molar-refractivity contribution in [2.75, 3.05) is 48.3 Å². The lowest BCUT2D eigenvalue weighted by atomic mass is 10.1. The van der Waals surface area contributed by atoms with Gasteiger partial charge in [-0.25, -0.2) is 0 Å². The number of hydrogen-bond donors (Lipinski definition) is 1. The number of aliphatic imine (C=N–C) groups is 1. The van der Waals surface area contributed by atoms with Crippen molar-refractivity contribution in [1.82, 2.24) is 0 Å². The average molecular weight is 419 g/mol. The Hall–Kier alpha value is -3.41. The summed E-state index contributed by atoms with van der Waals surface area (Å²) in [6, 6.07) is 14.0. The van der Waals surface area contributed by atoms with Gasteiger partial charge in [0, 0.05) is 56.3 Å². The summed E-state index contributed by atoms with van der Waals surface area (Å²) in [7, 11) is 1.66. The van der Waals surface area contributed by atoms with Crippen LogP contribution in [0.5, 0.6) is 0 Å². The van der Waals surface area contributed by atoms with Gasteiger partial charge < -0.3 is 15.1 Å². The Balaban J connectivity index is 1.81. The fraction of sp³-hybridized carbons (Fsp3) is 0.320. The Kier molecular flexibility index (Phi) is 7.23. The van der Waals surface area contributed by atoms with Crippen molar-refractivity contribution in [3.05, 3.63) is 65.2 Å². The second kappa shape index (κ2) is 10.1. The molecule has 1 amide bonds. The van der Waals surface area contributed by atoms with E-state index in [-0.39, 0.29) is 11.7 Å². The molecule has 1 N–H and O–H groups in total. The third-order valence-electron chi connectivity index (χ3n) is 5.56. The van der Waals surface area contributed by atoms with E-state index in [1.807, 2.05) is 12.1 Å². The zero-order valence-electron chi connectivity index (χ0n) is 18.7. The molecule has 0 aromatic heterocycles. The van der Waals surface area contributed by atoms with Crippen LogP contribution in [0, 0.1) is 6.92 Å². The van der Waals surface area contributed by atoms with Crippen LogP contribution in [0.4, 0.5) is 17.1 Å². The molecule has 0 aliphatic carbocycles. The predicted octanol–water partition coefficient (Wildman–Crippen LogP) is 4.11. The van der Waals surface area contributed by atoms with Crippen LogP contribution in [0.2, 0.25) is 0 Å². The number of ketones is 1. The first-order chi connectivity index (χ1) is 14.9. The lowest BCUT2D eigenvalue weighted by Crippen LogP contribution is -2.47. The highest BCUT2D eigenvalue weighted by molar-refractivity contribution is 6.08. The molecule has 1 aliphatic heterocycles. The number of amides is 1. The van der Waals surface area contributed by atoms with Crippen molar-refractivity contribution < 1.29 is 9.59 Å². The van der Waals surface area contributed by atoms with E-state index in [4.69, 9.17) is 0 Å². The molecule has 0 saturated carbocycles. The Labute approximate surface area is 184 Å². The first kappa shape index (κ1) is 22.3. The average Bonchev–Trinajstić information content (AvgIpc) is 2.78. The summed E-state index contributed by atoms with van der Waals surface area (Å²) in [6.45, 7) is 8.84. The van der Waals surface area contributed by atoms with E-state index >= 15 is 0 Å². The first-order valence-corrected chi connectivity index (χ1v) is 10.5. The third kappa shape index (κ3) is 5.40. The van der Waals surface area contributed by atoms with E-state index in [0.29, 0.717) is 16.8 Å². The summed E-state index contributed by atoms with van der Waals surface area (Å²) in [6.07, 6.45) is 3.26. The molecule has 1 fully saturated rings. The standard InChI is InChI=1S/C25H30N4O2/c1-18-7-5-6-8-23(18)28-13-15-29(16-14-28)24-10-9-21(20(3)30)17-22(24)27-25(31)19(2)11-12-26-4/h5-12,17H,13-16H2,1-4H3,(H,27,31)/b19-11+,26-12-. The molecule has 31 heavy (non-hydrogen) atoms. The normalized spacial score (nSPS) is 14.8. The van der Waals surface area contributed by atoms with Gasteiger partial charge >= 0.3 is 0 Å².